The van der Waals surface area contributed by atoms with Gasteiger partial charge in [-0.05, 0) is 91.5 Å². The van der Waals surface area contributed by atoms with Gasteiger partial charge in [-0.1, -0.05) is 206 Å². The maximum Gasteiger partial charge on any atom is 0.179 e. The van der Waals surface area contributed by atoms with Crippen molar-refractivity contribution in [1.82, 2.24) is 9.13 Å². The first-order valence-electron chi connectivity index (χ1n) is 21.8. The zero-order valence-electron chi connectivity index (χ0n) is 34.6. The Kier molecular flexibility index (Phi) is 8.87. The van der Waals surface area contributed by atoms with E-state index >= 15 is 0 Å². The van der Waals surface area contributed by atoms with Crippen LogP contribution >= 0.6 is 0 Å². The molecule has 10 aromatic carbocycles. The number of para-hydroxylation sites is 2. The molecule has 2 heterocycles. The van der Waals surface area contributed by atoms with Crippen molar-refractivity contribution in [3.8, 4) is 33.6 Å². The van der Waals surface area contributed by atoms with Gasteiger partial charge < -0.3 is 9.13 Å². The van der Waals surface area contributed by atoms with Crippen molar-refractivity contribution in [2.75, 3.05) is 0 Å². The van der Waals surface area contributed by atoms with Crippen molar-refractivity contribution >= 4 is 72.4 Å². The van der Waals surface area contributed by atoms with Crippen molar-refractivity contribution in [2.24, 2.45) is 0 Å². The van der Waals surface area contributed by atoms with Crippen LogP contribution in [-0.2, 0) is 0 Å². The largest absolute Gasteiger partial charge is 0.309 e. The Bertz CT molecular complexity index is 3440. The average molecular weight is 819 g/mol. The van der Waals surface area contributed by atoms with Crippen LogP contribution in [0.1, 0.15) is 0 Å². The minimum atomic E-state index is -2.81. The van der Waals surface area contributed by atoms with Gasteiger partial charge in [0.1, 0.15) is 0 Å². The molecule has 0 radical (unpaired) electrons. The normalized spacial score (nSPS) is 11.8. The molecule has 0 unspecified atom stereocenters. The van der Waals surface area contributed by atoms with E-state index in [4.69, 9.17) is 0 Å². The summed E-state index contributed by atoms with van der Waals surface area (Å²) in [5.41, 5.74) is 11.8. The Hall–Kier alpha value is -7.98. The van der Waals surface area contributed by atoms with Gasteiger partial charge in [-0.15, -0.1) is 0 Å². The zero-order chi connectivity index (χ0) is 41.7. The highest BCUT2D eigenvalue weighted by molar-refractivity contribution is 7.20. The van der Waals surface area contributed by atoms with Crippen LogP contribution in [-0.4, -0.2) is 17.2 Å². The summed E-state index contributed by atoms with van der Waals surface area (Å²) in [5.74, 6) is 0. The first-order valence-corrected chi connectivity index (χ1v) is 23.8. The number of nitrogens with zero attached hydrogens (tertiary/aromatic N) is 2. The van der Waals surface area contributed by atoms with Gasteiger partial charge in [0.25, 0.3) is 0 Å². The zero-order valence-corrected chi connectivity index (χ0v) is 35.6. The molecule has 0 aliphatic carbocycles. The van der Waals surface area contributed by atoms with Gasteiger partial charge in [-0.25, -0.2) is 0 Å². The molecule has 2 nitrogen and oxygen atoms in total. The van der Waals surface area contributed by atoms with Crippen LogP contribution in [0.3, 0.4) is 0 Å². The molecule has 63 heavy (non-hydrogen) atoms. The smallest absolute Gasteiger partial charge is 0.179 e. The molecule has 0 fully saturated rings. The molecule has 2 aromatic heterocycles. The Morgan fingerprint density at radius 3 is 1.25 bits per heavy atom. The number of hydrogen-bond acceptors (Lipinski definition) is 0. The lowest BCUT2D eigenvalue weighted by Crippen LogP contribution is -2.74. The van der Waals surface area contributed by atoms with Crippen LogP contribution in [0, 0.1) is 0 Å². The lowest BCUT2D eigenvalue weighted by atomic mass is 9.98. The maximum atomic E-state index is 2.54. The number of aromatic nitrogens is 2. The highest BCUT2D eigenvalue weighted by atomic mass is 28.3. The van der Waals surface area contributed by atoms with Gasteiger partial charge >= 0.3 is 0 Å². The molecule has 0 spiro atoms. The number of fused-ring (bicyclic) bond motifs is 6. The van der Waals surface area contributed by atoms with Crippen LogP contribution in [0.4, 0.5) is 0 Å². The summed E-state index contributed by atoms with van der Waals surface area (Å²) in [6.07, 6.45) is 0. The molecule has 0 bridgehead atoms. The van der Waals surface area contributed by atoms with E-state index in [2.05, 4.69) is 264 Å². The van der Waals surface area contributed by atoms with E-state index in [1.165, 1.54) is 92.3 Å². The summed E-state index contributed by atoms with van der Waals surface area (Å²) < 4.78 is 5.02. The van der Waals surface area contributed by atoms with E-state index in [0.29, 0.717) is 0 Å². The molecule has 0 saturated carbocycles. The minimum absolute atomic E-state index is 1.13. The van der Waals surface area contributed by atoms with Gasteiger partial charge in [-0.2, -0.15) is 0 Å². The van der Waals surface area contributed by atoms with E-state index in [1.807, 2.05) is 0 Å². The Morgan fingerprint density at radius 2 is 0.698 bits per heavy atom. The molecule has 12 rings (SSSR count). The van der Waals surface area contributed by atoms with Crippen molar-refractivity contribution in [3.05, 3.63) is 255 Å². The average Bonchev–Trinajstić information content (AvgIpc) is 3.89. The van der Waals surface area contributed by atoms with Crippen LogP contribution in [0.5, 0.6) is 0 Å². The van der Waals surface area contributed by atoms with E-state index in [0.717, 1.165) is 5.69 Å². The molecule has 0 aliphatic heterocycles. The molecule has 0 N–H and O–H groups in total. The Labute approximate surface area is 368 Å². The predicted octanol–water partition coefficient (Wildman–Crippen LogP) is 12.6. The monoisotopic (exact) mass is 818 g/mol. The van der Waals surface area contributed by atoms with Crippen LogP contribution in [0.15, 0.2) is 255 Å². The van der Waals surface area contributed by atoms with Gasteiger partial charge in [0.05, 0.1) is 27.8 Å². The molecule has 0 aliphatic rings. The van der Waals surface area contributed by atoms with Crippen LogP contribution in [0.25, 0.3) is 77.2 Å². The summed E-state index contributed by atoms with van der Waals surface area (Å²) in [6, 6.07) is 94.3. The highest BCUT2D eigenvalue weighted by Gasteiger charge is 2.41. The number of benzene rings is 10. The standard InChI is InChI=1S/C60H42N2Si/c1-6-21-43(22-7-1)45-39-46(44-23-8-2-9-24-44)41-47(40-45)61-56-34-19-17-32-54(56)60-57(61)35-20-36-58(60)62-55-33-18-16-31-52(55)53-38-37-51(42-59(53)62)63(48-25-10-3-11-26-48,49-27-12-4-13-28-49)50-29-14-5-15-30-50/h1-42H. The summed E-state index contributed by atoms with van der Waals surface area (Å²) in [5, 5.41) is 10.4. The van der Waals surface area contributed by atoms with E-state index in [9.17, 15) is 0 Å². The molecule has 0 saturated heterocycles. The fourth-order valence-electron chi connectivity index (χ4n) is 10.3. The van der Waals surface area contributed by atoms with E-state index in [1.54, 1.807) is 0 Å². The summed E-state index contributed by atoms with van der Waals surface area (Å²) in [6.45, 7) is 0. The molecular formula is C60H42N2Si. The lowest BCUT2D eigenvalue weighted by molar-refractivity contribution is 1.17. The number of rotatable bonds is 8. The molecule has 0 atom stereocenters. The second kappa shape index (κ2) is 15.2. The summed E-state index contributed by atoms with van der Waals surface area (Å²) in [7, 11) is -2.81. The Balaban J connectivity index is 1.16. The fourth-order valence-corrected chi connectivity index (χ4v) is 15.1. The fraction of sp³-hybridized carbons (Fsp3) is 0. The first kappa shape index (κ1) is 36.8. The van der Waals surface area contributed by atoms with Gasteiger partial charge in [-0.3, -0.25) is 0 Å². The van der Waals surface area contributed by atoms with Gasteiger partial charge in [0.2, 0.25) is 0 Å². The third-order valence-corrected chi connectivity index (χ3v) is 17.8. The van der Waals surface area contributed by atoms with Crippen molar-refractivity contribution in [3.63, 3.8) is 0 Å². The van der Waals surface area contributed by atoms with Gasteiger partial charge in [0, 0.05) is 27.2 Å². The summed E-state index contributed by atoms with van der Waals surface area (Å²) >= 11 is 0. The second-order valence-corrected chi connectivity index (χ2v) is 20.3. The van der Waals surface area contributed by atoms with Crippen LogP contribution < -0.4 is 20.7 Å². The van der Waals surface area contributed by atoms with E-state index < -0.39 is 8.07 Å². The molecule has 12 aromatic rings. The third kappa shape index (κ3) is 5.93. The highest BCUT2D eigenvalue weighted by Crippen LogP contribution is 2.41. The number of hydrogen-bond donors (Lipinski definition) is 0. The van der Waals surface area contributed by atoms with E-state index in [-0.39, 0.29) is 0 Å². The topological polar surface area (TPSA) is 9.86 Å². The molecule has 296 valence electrons. The maximum absolute atomic E-state index is 2.81. The van der Waals surface area contributed by atoms with Crippen molar-refractivity contribution in [2.45, 2.75) is 0 Å². The predicted molar refractivity (Wildman–Crippen MR) is 270 cm³/mol. The van der Waals surface area contributed by atoms with Crippen LogP contribution in [0.2, 0.25) is 0 Å². The molecule has 3 heteroatoms. The van der Waals surface area contributed by atoms with Crippen molar-refractivity contribution in [1.29, 1.82) is 0 Å². The van der Waals surface area contributed by atoms with Crippen molar-refractivity contribution < 1.29 is 0 Å². The Morgan fingerprint density at radius 1 is 0.254 bits per heavy atom. The van der Waals surface area contributed by atoms with Gasteiger partial charge in [0.15, 0.2) is 8.07 Å². The SMILES string of the molecule is c1ccc(-c2cc(-c3ccccc3)cc(-n3c4ccccc4c4c(-n5c6ccccc6c6ccc([Si](c7ccccc7)(c7ccccc7)c7ccccc7)cc65)cccc43)c2)cc1. The molecular weight excluding hydrogens is 777 g/mol. The minimum Gasteiger partial charge on any atom is -0.309 e. The second-order valence-electron chi connectivity index (χ2n) is 16.5. The quantitative estimate of drug-likeness (QED) is 0.107. The summed E-state index contributed by atoms with van der Waals surface area (Å²) in [4.78, 5) is 0. The first-order chi connectivity index (χ1) is 31.3. The third-order valence-electron chi connectivity index (χ3n) is 13.0. The molecule has 0 amide bonds. The lowest BCUT2D eigenvalue weighted by Gasteiger charge is -2.34.